The van der Waals surface area contributed by atoms with Crippen molar-refractivity contribution in [2.45, 2.75) is 6.92 Å². The van der Waals surface area contributed by atoms with Crippen LogP contribution in [0.15, 0.2) is 30.5 Å². The standard InChI is InChI=1S/C13H12N4O2/c1-8-11(13(18)19)12(16(2)15-8)17-10-6-4-3-5-9(10)7-14-17/h3-7H,1-2H3,(H,18,19). The Labute approximate surface area is 108 Å². The monoisotopic (exact) mass is 256 g/mol. The van der Waals surface area contributed by atoms with Crippen LogP contribution in [0.4, 0.5) is 0 Å². The number of aryl methyl sites for hydroxylation is 2. The van der Waals surface area contributed by atoms with Crippen molar-refractivity contribution >= 4 is 16.9 Å². The third kappa shape index (κ3) is 1.61. The Morgan fingerprint density at radius 3 is 2.79 bits per heavy atom. The third-order valence-corrected chi connectivity index (χ3v) is 3.08. The lowest BCUT2D eigenvalue weighted by Crippen LogP contribution is -2.09. The molecule has 3 aromatic rings. The summed E-state index contributed by atoms with van der Waals surface area (Å²) < 4.78 is 3.15. The van der Waals surface area contributed by atoms with Crippen LogP contribution < -0.4 is 0 Å². The Morgan fingerprint density at radius 2 is 2.05 bits per heavy atom. The predicted octanol–water partition coefficient (Wildman–Crippen LogP) is 1.77. The van der Waals surface area contributed by atoms with Crippen LogP contribution in [0.2, 0.25) is 0 Å². The van der Waals surface area contributed by atoms with E-state index in [-0.39, 0.29) is 5.56 Å². The van der Waals surface area contributed by atoms with E-state index in [0.717, 1.165) is 10.9 Å². The van der Waals surface area contributed by atoms with Gasteiger partial charge < -0.3 is 5.11 Å². The molecule has 0 amide bonds. The number of benzene rings is 1. The van der Waals surface area contributed by atoms with E-state index in [4.69, 9.17) is 0 Å². The second kappa shape index (κ2) is 3.94. The molecule has 96 valence electrons. The molecule has 3 rings (SSSR count). The molecule has 1 N–H and O–H groups in total. The average molecular weight is 256 g/mol. The second-order valence-electron chi connectivity index (χ2n) is 4.33. The minimum atomic E-state index is -1.000. The number of carbonyl (C=O) groups is 1. The summed E-state index contributed by atoms with van der Waals surface area (Å²) in [5.74, 6) is -0.536. The molecule has 0 unspecified atom stereocenters. The Morgan fingerprint density at radius 1 is 1.32 bits per heavy atom. The van der Waals surface area contributed by atoms with Crippen molar-refractivity contribution in [1.29, 1.82) is 0 Å². The van der Waals surface area contributed by atoms with Crippen molar-refractivity contribution in [2.24, 2.45) is 7.05 Å². The summed E-state index contributed by atoms with van der Waals surface area (Å²) in [7, 11) is 1.71. The maximum Gasteiger partial charge on any atom is 0.341 e. The highest BCUT2D eigenvalue weighted by Gasteiger charge is 2.22. The molecule has 0 spiro atoms. The second-order valence-corrected chi connectivity index (χ2v) is 4.33. The topological polar surface area (TPSA) is 72.9 Å². The first-order valence-electron chi connectivity index (χ1n) is 5.79. The zero-order chi connectivity index (χ0) is 13.6. The molecule has 2 heterocycles. The first kappa shape index (κ1) is 11.5. The van der Waals surface area contributed by atoms with Crippen LogP contribution in [0.25, 0.3) is 16.7 Å². The van der Waals surface area contributed by atoms with E-state index in [2.05, 4.69) is 10.2 Å². The summed E-state index contributed by atoms with van der Waals surface area (Å²) >= 11 is 0. The molecule has 6 nitrogen and oxygen atoms in total. The van der Waals surface area contributed by atoms with Gasteiger partial charge in [-0.2, -0.15) is 10.2 Å². The van der Waals surface area contributed by atoms with Crippen LogP contribution in [0.1, 0.15) is 16.1 Å². The van der Waals surface area contributed by atoms with E-state index in [0.29, 0.717) is 11.5 Å². The van der Waals surface area contributed by atoms with Crippen molar-refractivity contribution in [1.82, 2.24) is 19.6 Å². The smallest absolute Gasteiger partial charge is 0.341 e. The van der Waals surface area contributed by atoms with Gasteiger partial charge in [-0.05, 0) is 13.0 Å². The highest BCUT2D eigenvalue weighted by molar-refractivity contribution is 5.93. The summed E-state index contributed by atoms with van der Waals surface area (Å²) in [6.07, 6.45) is 1.71. The largest absolute Gasteiger partial charge is 0.477 e. The number of nitrogens with zero attached hydrogens (tertiary/aromatic N) is 4. The van der Waals surface area contributed by atoms with Crippen LogP contribution >= 0.6 is 0 Å². The van der Waals surface area contributed by atoms with Gasteiger partial charge in [0.25, 0.3) is 0 Å². The minimum absolute atomic E-state index is 0.177. The number of hydrogen-bond acceptors (Lipinski definition) is 3. The van der Waals surface area contributed by atoms with Gasteiger partial charge in [-0.1, -0.05) is 18.2 Å². The highest BCUT2D eigenvalue weighted by Crippen LogP contribution is 2.22. The van der Waals surface area contributed by atoms with Crippen molar-refractivity contribution in [3.05, 3.63) is 41.7 Å². The van der Waals surface area contributed by atoms with Crippen molar-refractivity contribution < 1.29 is 9.90 Å². The van der Waals surface area contributed by atoms with Crippen LogP contribution in [0.3, 0.4) is 0 Å². The molecule has 0 saturated carbocycles. The average Bonchev–Trinajstić information content (AvgIpc) is 2.89. The molecule has 19 heavy (non-hydrogen) atoms. The van der Waals surface area contributed by atoms with E-state index in [1.807, 2.05) is 24.3 Å². The maximum absolute atomic E-state index is 11.4. The molecule has 1 aromatic carbocycles. The molecule has 2 aromatic heterocycles. The molecule has 0 radical (unpaired) electrons. The van der Waals surface area contributed by atoms with E-state index < -0.39 is 5.97 Å². The van der Waals surface area contributed by atoms with Gasteiger partial charge in [0.05, 0.1) is 17.4 Å². The highest BCUT2D eigenvalue weighted by atomic mass is 16.4. The van der Waals surface area contributed by atoms with Gasteiger partial charge in [-0.15, -0.1) is 0 Å². The summed E-state index contributed by atoms with van der Waals surface area (Å²) in [4.78, 5) is 11.4. The lowest BCUT2D eigenvalue weighted by molar-refractivity contribution is 0.0696. The molecule has 0 aliphatic carbocycles. The van der Waals surface area contributed by atoms with Crippen LogP contribution in [-0.2, 0) is 7.05 Å². The molecule has 0 fully saturated rings. The number of carboxylic acid groups (broad SMARTS) is 1. The van der Waals surface area contributed by atoms with Gasteiger partial charge in [-0.3, -0.25) is 0 Å². The number of fused-ring (bicyclic) bond motifs is 1. The van der Waals surface area contributed by atoms with Crippen molar-refractivity contribution in [2.75, 3.05) is 0 Å². The summed E-state index contributed by atoms with van der Waals surface area (Å²) in [5, 5.41) is 18.7. The maximum atomic E-state index is 11.4. The van der Waals surface area contributed by atoms with E-state index in [1.165, 1.54) is 4.68 Å². The number of hydrogen-bond donors (Lipinski definition) is 1. The number of rotatable bonds is 2. The number of carboxylic acids is 1. The van der Waals surface area contributed by atoms with Gasteiger partial charge in [0.15, 0.2) is 5.82 Å². The molecule has 0 bridgehead atoms. The SMILES string of the molecule is Cc1nn(C)c(-n2ncc3ccccc32)c1C(=O)O. The molecule has 0 saturated heterocycles. The van der Waals surface area contributed by atoms with E-state index >= 15 is 0 Å². The molecular weight excluding hydrogens is 244 g/mol. The fourth-order valence-electron chi connectivity index (χ4n) is 2.28. The fourth-order valence-corrected chi connectivity index (χ4v) is 2.28. The van der Waals surface area contributed by atoms with Crippen LogP contribution in [-0.4, -0.2) is 30.6 Å². The van der Waals surface area contributed by atoms with E-state index in [9.17, 15) is 9.90 Å². The predicted molar refractivity (Wildman–Crippen MR) is 69.5 cm³/mol. The summed E-state index contributed by atoms with van der Waals surface area (Å²) in [6.45, 7) is 1.68. The first-order valence-corrected chi connectivity index (χ1v) is 5.79. The number of aromatic nitrogens is 4. The minimum Gasteiger partial charge on any atom is -0.477 e. The lowest BCUT2D eigenvalue weighted by atomic mass is 10.2. The Balaban J connectivity index is 2.36. The number of aromatic carboxylic acids is 1. The van der Waals surface area contributed by atoms with Gasteiger partial charge in [0, 0.05) is 12.4 Å². The summed E-state index contributed by atoms with van der Waals surface area (Å²) in [5.41, 5.74) is 1.51. The Hall–Kier alpha value is -2.63. The molecule has 6 heteroatoms. The zero-order valence-corrected chi connectivity index (χ0v) is 10.5. The molecule has 0 aliphatic heterocycles. The van der Waals surface area contributed by atoms with Crippen LogP contribution in [0.5, 0.6) is 0 Å². The van der Waals surface area contributed by atoms with E-state index in [1.54, 1.807) is 24.9 Å². The zero-order valence-electron chi connectivity index (χ0n) is 10.5. The quantitative estimate of drug-likeness (QED) is 0.758. The van der Waals surface area contributed by atoms with Gasteiger partial charge in [-0.25, -0.2) is 14.2 Å². The van der Waals surface area contributed by atoms with Gasteiger partial charge >= 0.3 is 5.97 Å². The normalized spacial score (nSPS) is 11.1. The van der Waals surface area contributed by atoms with Gasteiger partial charge in [0.1, 0.15) is 5.56 Å². The molecular formula is C13H12N4O2. The third-order valence-electron chi connectivity index (χ3n) is 3.08. The molecule has 0 aliphatic rings. The van der Waals surface area contributed by atoms with Crippen molar-refractivity contribution in [3.63, 3.8) is 0 Å². The molecule has 0 atom stereocenters. The Kier molecular flexibility index (Phi) is 2.38. The lowest BCUT2D eigenvalue weighted by Gasteiger charge is -2.05. The first-order chi connectivity index (χ1) is 9.09. The Bertz CT molecular complexity index is 785. The van der Waals surface area contributed by atoms with Gasteiger partial charge in [0.2, 0.25) is 0 Å². The number of para-hydroxylation sites is 1. The van der Waals surface area contributed by atoms with Crippen LogP contribution in [0, 0.1) is 6.92 Å². The fraction of sp³-hybridized carbons (Fsp3) is 0.154. The summed E-state index contributed by atoms with van der Waals surface area (Å²) in [6, 6.07) is 7.64. The van der Waals surface area contributed by atoms with Crippen molar-refractivity contribution in [3.8, 4) is 5.82 Å².